The molecule has 0 radical (unpaired) electrons. The molecule has 0 fully saturated rings. The molecule has 0 saturated heterocycles. The van der Waals surface area contributed by atoms with Crippen LogP contribution < -0.4 is 10.9 Å². The third-order valence-electron chi connectivity index (χ3n) is 3.50. The van der Waals surface area contributed by atoms with Crippen LogP contribution in [-0.2, 0) is 4.74 Å². The van der Waals surface area contributed by atoms with Crippen LogP contribution in [0.4, 0.5) is 5.00 Å². The smallest absolute Gasteiger partial charge is 0.349 e. The number of para-hydroxylation sites is 1. The van der Waals surface area contributed by atoms with Gasteiger partial charge in [0.15, 0.2) is 0 Å². The van der Waals surface area contributed by atoms with E-state index in [9.17, 15) is 14.4 Å². The first-order valence-corrected chi connectivity index (χ1v) is 8.43. The summed E-state index contributed by atoms with van der Waals surface area (Å²) in [7, 11) is 0. The van der Waals surface area contributed by atoms with Gasteiger partial charge in [-0.1, -0.05) is 18.2 Å². The van der Waals surface area contributed by atoms with E-state index in [1.54, 1.807) is 44.2 Å². The molecule has 0 spiro atoms. The molecule has 3 aromatic rings. The number of ether oxygens (including phenoxy) is 1. The maximum absolute atomic E-state index is 12.4. The lowest BCUT2D eigenvalue weighted by Gasteiger charge is -2.03. The van der Waals surface area contributed by atoms with Gasteiger partial charge in [0.25, 0.3) is 5.91 Å². The van der Waals surface area contributed by atoms with Crippen molar-refractivity contribution in [1.29, 1.82) is 0 Å². The largest absolute Gasteiger partial charge is 0.462 e. The number of fused-ring (bicyclic) bond motifs is 1. The minimum absolute atomic E-state index is 0.0950. The van der Waals surface area contributed by atoms with E-state index in [-0.39, 0.29) is 12.2 Å². The average molecular weight is 357 g/mol. The van der Waals surface area contributed by atoms with E-state index in [1.807, 2.05) is 0 Å². The number of hydrogen-bond donors (Lipinski definition) is 1. The summed E-state index contributed by atoms with van der Waals surface area (Å²) in [4.78, 5) is 36.7. The summed E-state index contributed by atoms with van der Waals surface area (Å²) in [5.41, 5.74) is 0.308. The minimum atomic E-state index is -0.713. The first kappa shape index (κ1) is 16.9. The molecule has 0 unspecified atom stereocenters. The number of hydrogen-bond acceptors (Lipinski definition) is 6. The molecule has 0 aliphatic rings. The molecule has 6 nitrogen and oxygen atoms in total. The Morgan fingerprint density at radius 3 is 2.76 bits per heavy atom. The van der Waals surface area contributed by atoms with Crippen LogP contribution in [0.15, 0.2) is 45.6 Å². The predicted molar refractivity (Wildman–Crippen MR) is 95.4 cm³/mol. The summed E-state index contributed by atoms with van der Waals surface area (Å²) in [6.07, 6.45) is 0. The van der Waals surface area contributed by atoms with Gasteiger partial charge in [0.1, 0.15) is 16.0 Å². The molecule has 2 heterocycles. The Hall–Kier alpha value is -2.93. The molecule has 2 aromatic heterocycles. The Labute approximate surface area is 147 Å². The Morgan fingerprint density at radius 2 is 2.00 bits per heavy atom. The topological polar surface area (TPSA) is 85.6 Å². The summed E-state index contributed by atoms with van der Waals surface area (Å²) < 4.78 is 10.1. The van der Waals surface area contributed by atoms with Crippen molar-refractivity contribution in [3.63, 3.8) is 0 Å². The summed E-state index contributed by atoms with van der Waals surface area (Å²) >= 11 is 1.10. The van der Waals surface area contributed by atoms with E-state index < -0.39 is 17.5 Å². The highest BCUT2D eigenvalue weighted by molar-refractivity contribution is 7.18. The number of thiophene rings is 1. The van der Waals surface area contributed by atoms with E-state index in [0.29, 0.717) is 26.4 Å². The van der Waals surface area contributed by atoms with Gasteiger partial charge in [-0.2, -0.15) is 0 Å². The molecule has 0 atom stereocenters. The van der Waals surface area contributed by atoms with Gasteiger partial charge in [0.05, 0.1) is 11.6 Å². The molecule has 25 heavy (non-hydrogen) atoms. The molecule has 3 rings (SSSR count). The summed E-state index contributed by atoms with van der Waals surface area (Å²) in [6, 6.07) is 10.1. The van der Waals surface area contributed by atoms with Crippen molar-refractivity contribution in [2.75, 3.05) is 11.9 Å². The van der Waals surface area contributed by atoms with Crippen molar-refractivity contribution in [1.82, 2.24) is 0 Å². The fourth-order valence-electron chi connectivity index (χ4n) is 2.34. The van der Waals surface area contributed by atoms with Gasteiger partial charge in [-0.15, -0.1) is 11.3 Å². The number of carbonyl (C=O) groups is 2. The van der Waals surface area contributed by atoms with Crippen molar-refractivity contribution < 1.29 is 18.7 Å². The zero-order valence-electron chi connectivity index (χ0n) is 13.6. The zero-order chi connectivity index (χ0) is 18.0. The third kappa shape index (κ3) is 3.46. The highest BCUT2D eigenvalue weighted by Crippen LogP contribution is 2.27. The van der Waals surface area contributed by atoms with Crippen LogP contribution in [-0.4, -0.2) is 18.5 Å². The van der Waals surface area contributed by atoms with Crippen LogP contribution in [0.2, 0.25) is 0 Å². The number of carbonyl (C=O) groups excluding carboxylic acids is 2. The number of nitrogens with one attached hydrogen (secondary N) is 1. The first-order valence-electron chi connectivity index (χ1n) is 7.61. The van der Waals surface area contributed by atoms with Crippen LogP contribution in [0.25, 0.3) is 11.0 Å². The average Bonchev–Trinajstić information content (AvgIpc) is 2.94. The predicted octanol–water partition coefficient (Wildman–Crippen LogP) is 3.59. The van der Waals surface area contributed by atoms with Crippen molar-refractivity contribution in [2.45, 2.75) is 13.8 Å². The van der Waals surface area contributed by atoms with E-state index >= 15 is 0 Å². The Bertz CT molecular complexity index is 1020. The minimum Gasteiger partial charge on any atom is -0.462 e. The maximum Gasteiger partial charge on any atom is 0.349 e. The molecule has 0 aliphatic heterocycles. The monoisotopic (exact) mass is 357 g/mol. The Kier molecular flexibility index (Phi) is 4.67. The van der Waals surface area contributed by atoms with Crippen LogP contribution in [0.5, 0.6) is 0 Å². The molecule has 0 aliphatic carbocycles. The van der Waals surface area contributed by atoms with Gasteiger partial charge in [0, 0.05) is 5.39 Å². The molecule has 1 N–H and O–H groups in total. The second kappa shape index (κ2) is 6.90. The second-order valence-electron chi connectivity index (χ2n) is 5.28. The van der Waals surface area contributed by atoms with Crippen molar-refractivity contribution in [3.05, 3.63) is 62.8 Å². The van der Waals surface area contributed by atoms with Gasteiger partial charge >= 0.3 is 11.6 Å². The Balaban J connectivity index is 1.88. The van der Waals surface area contributed by atoms with Gasteiger partial charge in [-0.25, -0.2) is 9.59 Å². The van der Waals surface area contributed by atoms with E-state index in [1.165, 1.54) is 6.07 Å². The zero-order valence-corrected chi connectivity index (χ0v) is 14.4. The summed E-state index contributed by atoms with van der Waals surface area (Å²) in [5, 5.41) is 3.74. The molecular formula is C18H15NO5S. The summed E-state index contributed by atoms with van der Waals surface area (Å²) in [5.74, 6) is -1.02. The van der Waals surface area contributed by atoms with Gasteiger partial charge < -0.3 is 14.5 Å². The third-order valence-corrected chi connectivity index (χ3v) is 4.63. The molecule has 0 saturated carbocycles. The molecule has 1 aromatic carbocycles. The first-order chi connectivity index (χ1) is 12.0. The molecular weight excluding hydrogens is 342 g/mol. The number of amides is 1. The second-order valence-corrected chi connectivity index (χ2v) is 6.33. The van der Waals surface area contributed by atoms with Crippen LogP contribution in [0, 0.1) is 6.92 Å². The van der Waals surface area contributed by atoms with Crippen molar-refractivity contribution in [2.24, 2.45) is 0 Å². The standard InChI is InChI=1S/C18H15NO5S/c1-3-23-18(22)15-10(2)8-14(25-15)19-16(20)12-9-11-6-4-5-7-13(11)24-17(12)21/h4-9H,3H2,1-2H3,(H,19,20). The molecule has 1 amide bonds. The number of aryl methyl sites for hydroxylation is 1. The van der Waals surface area contributed by atoms with E-state index in [4.69, 9.17) is 9.15 Å². The van der Waals surface area contributed by atoms with E-state index in [0.717, 1.165) is 11.3 Å². The summed E-state index contributed by atoms with van der Waals surface area (Å²) in [6.45, 7) is 3.75. The number of esters is 1. The SMILES string of the molecule is CCOC(=O)c1sc(NC(=O)c2cc3ccccc3oc2=O)cc1C. The lowest BCUT2D eigenvalue weighted by molar-refractivity contribution is 0.0531. The molecule has 7 heteroatoms. The molecule has 128 valence electrons. The highest BCUT2D eigenvalue weighted by atomic mass is 32.1. The van der Waals surface area contributed by atoms with Gasteiger partial charge in [-0.3, -0.25) is 4.79 Å². The number of rotatable bonds is 4. The fourth-order valence-corrected chi connectivity index (χ4v) is 3.30. The van der Waals surface area contributed by atoms with Crippen LogP contribution in [0.1, 0.15) is 32.5 Å². The lowest BCUT2D eigenvalue weighted by Crippen LogP contribution is -2.20. The normalized spacial score (nSPS) is 10.6. The molecule has 0 bridgehead atoms. The quantitative estimate of drug-likeness (QED) is 0.570. The van der Waals surface area contributed by atoms with Gasteiger partial charge in [0.2, 0.25) is 0 Å². The van der Waals surface area contributed by atoms with Crippen LogP contribution in [0.3, 0.4) is 0 Å². The maximum atomic E-state index is 12.4. The van der Waals surface area contributed by atoms with Gasteiger partial charge in [-0.05, 0) is 37.6 Å². The fraction of sp³-hybridized carbons (Fsp3) is 0.167. The van der Waals surface area contributed by atoms with Crippen molar-refractivity contribution in [3.8, 4) is 0 Å². The van der Waals surface area contributed by atoms with Crippen molar-refractivity contribution >= 4 is 39.2 Å². The highest BCUT2D eigenvalue weighted by Gasteiger charge is 2.18. The lowest BCUT2D eigenvalue weighted by atomic mass is 10.2. The Morgan fingerprint density at radius 1 is 1.24 bits per heavy atom. The number of benzene rings is 1. The van der Waals surface area contributed by atoms with Crippen LogP contribution >= 0.6 is 11.3 Å². The van der Waals surface area contributed by atoms with E-state index in [2.05, 4.69) is 5.32 Å². The number of anilines is 1.